The number of methoxy groups -OCH3 is 1. The van der Waals surface area contributed by atoms with Gasteiger partial charge in [-0.2, -0.15) is 0 Å². The molecule has 0 saturated heterocycles. The van der Waals surface area contributed by atoms with Crippen molar-refractivity contribution in [3.63, 3.8) is 0 Å². The van der Waals surface area contributed by atoms with E-state index in [9.17, 15) is 14.7 Å². The van der Waals surface area contributed by atoms with Gasteiger partial charge in [-0.05, 0) is 71.9 Å². The first kappa shape index (κ1) is 32.3. The van der Waals surface area contributed by atoms with Crippen LogP contribution in [0.15, 0.2) is 61.0 Å². The Morgan fingerprint density at radius 1 is 1.18 bits per heavy atom. The highest BCUT2D eigenvalue weighted by atomic mass is 35.5. The van der Waals surface area contributed by atoms with Gasteiger partial charge in [0.05, 0.1) is 18.2 Å². The molecule has 0 fully saturated rings. The van der Waals surface area contributed by atoms with Crippen molar-refractivity contribution in [2.45, 2.75) is 70.8 Å². The Hall–Kier alpha value is -2.94. The average molecular weight is 573 g/mol. The lowest BCUT2D eigenvalue weighted by atomic mass is 10.00. The first-order chi connectivity index (χ1) is 18.2. The zero-order valence-corrected chi connectivity index (χ0v) is 25.7. The number of carbonyl (C=O) groups is 2. The smallest absolute Gasteiger partial charge is 0.326 e. The van der Waals surface area contributed by atoms with Gasteiger partial charge in [0.1, 0.15) is 11.8 Å². The third-order valence-corrected chi connectivity index (χ3v) is 11.8. The summed E-state index contributed by atoms with van der Waals surface area (Å²) >= 11 is 6.17. The normalized spacial score (nSPS) is 14.8. The van der Waals surface area contributed by atoms with Gasteiger partial charge in [-0.1, -0.05) is 63.6 Å². The van der Waals surface area contributed by atoms with Gasteiger partial charge in [0, 0.05) is 18.8 Å². The van der Waals surface area contributed by atoms with Gasteiger partial charge in [-0.15, -0.1) is 0 Å². The van der Waals surface area contributed by atoms with Crippen LogP contribution in [0.3, 0.4) is 0 Å². The number of carboxylic acids is 1. The predicted octanol–water partition coefficient (Wildman–Crippen LogP) is 6.54. The molecule has 7 nitrogen and oxygen atoms in total. The lowest BCUT2D eigenvalue weighted by Gasteiger charge is -2.40. The average Bonchev–Trinajstić information content (AvgIpc) is 2.86. The maximum absolute atomic E-state index is 12.7. The predicted molar refractivity (Wildman–Crippen MR) is 160 cm³/mol. The Morgan fingerprint density at radius 2 is 1.85 bits per heavy atom. The van der Waals surface area contributed by atoms with E-state index in [1.807, 2.05) is 18.2 Å². The van der Waals surface area contributed by atoms with Gasteiger partial charge in [-0.25, -0.2) is 4.79 Å². The highest BCUT2D eigenvalue weighted by Gasteiger charge is 2.39. The number of amides is 1. The molecule has 1 amide bonds. The van der Waals surface area contributed by atoms with E-state index in [1.165, 1.54) is 13.2 Å². The molecule has 0 spiro atoms. The molecule has 3 atom stereocenters. The number of nitrogens with zero attached hydrogens (tertiary/aromatic N) is 1. The summed E-state index contributed by atoms with van der Waals surface area (Å²) in [5, 5.41) is 12.7. The molecule has 1 aromatic heterocycles. The topological polar surface area (TPSA) is 97.8 Å². The van der Waals surface area contributed by atoms with E-state index >= 15 is 0 Å². The van der Waals surface area contributed by atoms with E-state index < -0.39 is 26.2 Å². The van der Waals surface area contributed by atoms with Crippen LogP contribution in [0.25, 0.3) is 6.08 Å². The zero-order chi connectivity index (χ0) is 29.2. The molecule has 0 radical (unpaired) electrons. The highest BCUT2D eigenvalue weighted by molar-refractivity contribution is 6.74. The summed E-state index contributed by atoms with van der Waals surface area (Å²) < 4.78 is 11.9. The first-order valence-corrected chi connectivity index (χ1v) is 16.3. The van der Waals surface area contributed by atoms with Crippen LogP contribution in [-0.4, -0.2) is 49.5 Å². The first-order valence-electron chi connectivity index (χ1n) is 13.0. The number of aromatic nitrogens is 1. The van der Waals surface area contributed by atoms with Gasteiger partial charge in [0.2, 0.25) is 5.91 Å². The molecule has 0 aliphatic carbocycles. The molecule has 2 N–H and O–H groups in total. The molecule has 0 aliphatic rings. The van der Waals surface area contributed by atoms with Gasteiger partial charge >= 0.3 is 5.97 Å². The van der Waals surface area contributed by atoms with E-state index in [0.717, 1.165) is 5.56 Å². The number of benzene rings is 1. The van der Waals surface area contributed by atoms with Crippen LogP contribution < -0.4 is 10.1 Å². The Balaban J connectivity index is 2.11. The summed E-state index contributed by atoms with van der Waals surface area (Å²) in [7, 11) is -0.581. The third kappa shape index (κ3) is 10.3. The molecule has 1 heterocycles. The van der Waals surface area contributed by atoms with Crippen molar-refractivity contribution in [2.24, 2.45) is 5.92 Å². The Kier molecular flexibility index (Phi) is 12.0. The van der Waals surface area contributed by atoms with Gasteiger partial charge < -0.3 is 19.6 Å². The van der Waals surface area contributed by atoms with Crippen LogP contribution in [-0.2, 0) is 20.4 Å². The Morgan fingerprint density at radius 3 is 2.41 bits per heavy atom. The molecule has 212 valence electrons. The molecule has 1 aromatic carbocycles. The SMILES string of the molecule is COc1ccc(C[C@@H](NC(=O)/C=C/C[C@H](O[Si](C)(C)C(C)(C)C)[C@H](C)/C=C/c2ccncc2)C(=O)O)cc1Cl. The minimum atomic E-state index is -2.09. The number of hydrogen-bond acceptors (Lipinski definition) is 5. The summed E-state index contributed by atoms with van der Waals surface area (Å²) in [6.07, 6.45) is 11.3. The van der Waals surface area contributed by atoms with E-state index in [2.05, 4.69) is 57.2 Å². The number of carbonyl (C=O) groups excluding carboxylic acids is 1. The van der Waals surface area contributed by atoms with Crippen molar-refractivity contribution in [1.29, 1.82) is 0 Å². The lowest BCUT2D eigenvalue weighted by molar-refractivity contribution is -0.141. The van der Waals surface area contributed by atoms with Crippen LogP contribution in [0.1, 0.15) is 45.2 Å². The quantitative estimate of drug-likeness (QED) is 0.209. The van der Waals surface area contributed by atoms with Crippen LogP contribution in [0.4, 0.5) is 0 Å². The third-order valence-electron chi connectivity index (χ3n) is 7.05. The fourth-order valence-electron chi connectivity index (χ4n) is 3.59. The number of hydrogen-bond donors (Lipinski definition) is 2. The summed E-state index contributed by atoms with van der Waals surface area (Å²) in [4.78, 5) is 28.6. The minimum Gasteiger partial charge on any atom is -0.495 e. The Bertz CT molecular complexity index is 1160. The van der Waals surface area contributed by atoms with E-state index in [0.29, 0.717) is 22.8 Å². The van der Waals surface area contributed by atoms with Crippen molar-refractivity contribution in [3.8, 4) is 5.75 Å². The fourth-order valence-corrected chi connectivity index (χ4v) is 5.29. The molecule has 2 rings (SSSR count). The number of nitrogens with one attached hydrogen (secondary N) is 1. The molecule has 9 heteroatoms. The maximum atomic E-state index is 12.7. The van der Waals surface area contributed by atoms with Gasteiger partial charge in [0.25, 0.3) is 0 Å². The maximum Gasteiger partial charge on any atom is 0.326 e. The lowest BCUT2D eigenvalue weighted by Crippen LogP contribution is -2.45. The second-order valence-electron chi connectivity index (χ2n) is 11.1. The van der Waals surface area contributed by atoms with Crippen LogP contribution in [0.5, 0.6) is 5.75 Å². The number of aliphatic carboxylic acids is 1. The van der Waals surface area contributed by atoms with Gasteiger partial charge in [-0.3, -0.25) is 9.78 Å². The van der Waals surface area contributed by atoms with Crippen molar-refractivity contribution in [1.82, 2.24) is 10.3 Å². The van der Waals surface area contributed by atoms with Crippen molar-refractivity contribution in [2.75, 3.05) is 7.11 Å². The van der Waals surface area contributed by atoms with Crippen LogP contribution in [0, 0.1) is 5.92 Å². The molecule has 39 heavy (non-hydrogen) atoms. The largest absolute Gasteiger partial charge is 0.495 e. The van der Waals surface area contributed by atoms with E-state index in [-0.39, 0.29) is 23.5 Å². The van der Waals surface area contributed by atoms with Gasteiger partial charge in [0.15, 0.2) is 8.32 Å². The molecular weight excluding hydrogens is 532 g/mol. The second-order valence-corrected chi connectivity index (χ2v) is 16.3. The number of carboxylic acid groups (broad SMARTS) is 1. The molecule has 0 saturated carbocycles. The second kappa shape index (κ2) is 14.4. The van der Waals surface area contributed by atoms with Crippen LogP contribution >= 0.6 is 11.6 Å². The zero-order valence-electron chi connectivity index (χ0n) is 23.9. The van der Waals surface area contributed by atoms with Crippen molar-refractivity contribution >= 4 is 37.9 Å². The van der Waals surface area contributed by atoms with Crippen molar-refractivity contribution < 1.29 is 23.9 Å². The summed E-state index contributed by atoms with van der Waals surface area (Å²) in [6, 6.07) is 7.82. The Labute approximate surface area is 238 Å². The number of ether oxygens (including phenoxy) is 1. The summed E-state index contributed by atoms with van der Waals surface area (Å²) in [5.74, 6) is -1.03. The standard InChI is InChI=1S/C30H41ClN2O5Si/c1-21(11-12-22-15-17-32-18-16-22)26(38-39(6,7)30(2,3)4)9-8-10-28(34)33-25(29(35)36)20-23-13-14-27(37-5)24(31)19-23/h8,10-19,21,25-26H,9,20H2,1-7H3,(H,33,34)(H,35,36)/b10-8+,12-11+/t21-,25-,26+/m1/s1. The number of rotatable bonds is 13. The molecule has 0 aliphatic heterocycles. The van der Waals surface area contributed by atoms with Crippen LogP contribution in [0.2, 0.25) is 23.2 Å². The fraction of sp³-hybridized carbons (Fsp3) is 0.433. The van der Waals surface area contributed by atoms with E-state index in [4.69, 9.17) is 20.8 Å². The molecule has 2 aromatic rings. The molecule has 0 bridgehead atoms. The molecular formula is C30H41ClN2O5Si. The minimum absolute atomic E-state index is 0.0277. The summed E-state index contributed by atoms with van der Waals surface area (Å²) in [5.41, 5.74) is 1.73. The number of pyridine rings is 1. The van der Waals surface area contributed by atoms with E-state index in [1.54, 1.807) is 36.7 Å². The van der Waals surface area contributed by atoms with Crippen molar-refractivity contribution in [3.05, 3.63) is 77.1 Å². The number of halogens is 1. The summed E-state index contributed by atoms with van der Waals surface area (Å²) in [6.45, 7) is 13.1. The monoisotopic (exact) mass is 572 g/mol. The molecule has 0 unspecified atom stereocenters. The highest BCUT2D eigenvalue weighted by Crippen LogP contribution is 2.38.